The second-order valence-electron chi connectivity index (χ2n) is 7.22. The molecule has 0 aliphatic carbocycles. The number of benzene rings is 3. The van der Waals surface area contributed by atoms with Crippen molar-refractivity contribution in [3.8, 4) is 0 Å². The predicted octanol–water partition coefficient (Wildman–Crippen LogP) is 4.53. The zero-order chi connectivity index (χ0) is 22.1. The lowest BCUT2D eigenvalue weighted by Gasteiger charge is -2.25. The second kappa shape index (κ2) is 7.87. The van der Waals surface area contributed by atoms with Gasteiger partial charge in [-0.1, -0.05) is 60.2 Å². The van der Waals surface area contributed by atoms with Crippen LogP contribution in [0.3, 0.4) is 0 Å². The number of amides is 1. The van der Waals surface area contributed by atoms with Crippen molar-refractivity contribution in [1.29, 1.82) is 0 Å². The van der Waals surface area contributed by atoms with Gasteiger partial charge in [0.25, 0.3) is 17.4 Å². The van der Waals surface area contributed by atoms with Gasteiger partial charge >= 0.3 is 0 Å². The highest BCUT2D eigenvalue weighted by Gasteiger charge is 2.47. The van der Waals surface area contributed by atoms with Gasteiger partial charge in [0.1, 0.15) is 5.76 Å². The molecule has 1 amide bonds. The zero-order valence-electron chi connectivity index (χ0n) is 16.6. The number of aliphatic hydroxyl groups is 1. The third-order valence-corrected chi connectivity index (χ3v) is 5.20. The van der Waals surface area contributed by atoms with E-state index in [0.717, 1.165) is 5.56 Å². The third-order valence-electron chi connectivity index (χ3n) is 5.20. The Bertz CT molecular complexity index is 1220. The van der Waals surface area contributed by atoms with Gasteiger partial charge in [0.2, 0.25) is 0 Å². The van der Waals surface area contributed by atoms with Gasteiger partial charge in [0.15, 0.2) is 0 Å². The summed E-state index contributed by atoms with van der Waals surface area (Å²) < 4.78 is 0. The van der Waals surface area contributed by atoms with Crippen LogP contribution in [0.5, 0.6) is 0 Å². The first kappa shape index (κ1) is 20.0. The lowest BCUT2D eigenvalue weighted by Crippen LogP contribution is -2.29. The average Bonchev–Trinajstić information content (AvgIpc) is 3.05. The number of nitrogens with zero attached hydrogens (tertiary/aromatic N) is 2. The number of nitro groups is 1. The number of anilines is 1. The highest BCUT2D eigenvalue weighted by atomic mass is 16.6. The van der Waals surface area contributed by atoms with Gasteiger partial charge in [0, 0.05) is 23.4 Å². The van der Waals surface area contributed by atoms with Crippen LogP contribution < -0.4 is 4.90 Å². The lowest BCUT2D eigenvalue weighted by molar-refractivity contribution is -0.384. The molecule has 7 nitrogen and oxygen atoms in total. The number of aryl methyl sites for hydroxylation is 1. The van der Waals surface area contributed by atoms with Crippen LogP contribution in [0.4, 0.5) is 11.4 Å². The Morgan fingerprint density at radius 1 is 0.968 bits per heavy atom. The highest BCUT2D eigenvalue weighted by molar-refractivity contribution is 6.51. The summed E-state index contributed by atoms with van der Waals surface area (Å²) in [5, 5.41) is 22.3. The Morgan fingerprint density at radius 3 is 2.29 bits per heavy atom. The van der Waals surface area contributed by atoms with Crippen LogP contribution in [0.15, 0.2) is 84.4 Å². The molecule has 0 spiro atoms. The summed E-state index contributed by atoms with van der Waals surface area (Å²) >= 11 is 0. The number of ketones is 1. The number of rotatable bonds is 4. The Kier molecular flexibility index (Phi) is 5.09. The van der Waals surface area contributed by atoms with Crippen LogP contribution in [0.2, 0.25) is 0 Å². The van der Waals surface area contributed by atoms with E-state index in [1.54, 1.807) is 60.7 Å². The standard InChI is InChI=1S/C24H18N2O5/c1-15-10-12-18(13-11-15)25-21(17-8-5-9-19(14-17)26(30)31)20(23(28)24(25)29)22(27)16-6-3-2-4-7-16/h2-14,21,27H,1H3/t21-/m0/s1. The first-order valence-electron chi connectivity index (χ1n) is 9.56. The van der Waals surface area contributed by atoms with Gasteiger partial charge in [-0.3, -0.25) is 24.6 Å². The minimum atomic E-state index is -1.01. The van der Waals surface area contributed by atoms with Gasteiger partial charge in [-0.25, -0.2) is 0 Å². The van der Waals surface area contributed by atoms with Crippen molar-refractivity contribution in [1.82, 2.24) is 0 Å². The number of carbonyl (C=O) groups is 2. The summed E-state index contributed by atoms with van der Waals surface area (Å²) in [6.07, 6.45) is 0. The van der Waals surface area contributed by atoms with E-state index in [1.165, 1.54) is 23.1 Å². The predicted molar refractivity (Wildman–Crippen MR) is 116 cm³/mol. The number of nitro benzene ring substituents is 1. The van der Waals surface area contributed by atoms with E-state index in [0.29, 0.717) is 16.8 Å². The molecule has 3 aromatic rings. The number of aliphatic hydroxyl groups excluding tert-OH is 1. The van der Waals surface area contributed by atoms with E-state index in [9.17, 15) is 24.8 Å². The topological polar surface area (TPSA) is 101 Å². The molecule has 0 unspecified atom stereocenters. The molecule has 1 saturated heterocycles. The van der Waals surface area contributed by atoms with E-state index in [-0.39, 0.29) is 17.0 Å². The zero-order valence-corrected chi connectivity index (χ0v) is 16.6. The largest absolute Gasteiger partial charge is 0.507 e. The SMILES string of the molecule is Cc1ccc(N2C(=O)C(=O)C(=C(O)c3ccccc3)[C@@H]2c2cccc([N+](=O)[O-])c2)cc1. The monoisotopic (exact) mass is 414 g/mol. The maximum Gasteiger partial charge on any atom is 0.300 e. The Balaban J connectivity index is 1.97. The minimum Gasteiger partial charge on any atom is -0.507 e. The van der Waals surface area contributed by atoms with Gasteiger partial charge in [-0.15, -0.1) is 0 Å². The lowest BCUT2D eigenvalue weighted by atomic mass is 9.95. The van der Waals surface area contributed by atoms with Gasteiger partial charge in [-0.2, -0.15) is 0 Å². The Morgan fingerprint density at radius 2 is 1.65 bits per heavy atom. The summed E-state index contributed by atoms with van der Waals surface area (Å²) in [7, 11) is 0. The van der Waals surface area contributed by atoms with Crippen molar-refractivity contribution in [3.63, 3.8) is 0 Å². The molecule has 0 radical (unpaired) electrons. The van der Waals surface area contributed by atoms with E-state index in [2.05, 4.69) is 0 Å². The van der Waals surface area contributed by atoms with Crippen LogP contribution in [0, 0.1) is 17.0 Å². The van der Waals surface area contributed by atoms with Crippen LogP contribution in [0.1, 0.15) is 22.7 Å². The average molecular weight is 414 g/mol. The summed E-state index contributed by atoms with van der Waals surface area (Å²) in [6.45, 7) is 1.89. The van der Waals surface area contributed by atoms with Gasteiger partial charge in [-0.05, 0) is 24.6 Å². The number of hydrogen-bond acceptors (Lipinski definition) is 5. The van der Waals surface area contributed by atoms with Crippen LogP contribution >= 0.6 is 0 Å². The molecule has 1 heterocycles. The molecule has 154 valence electrons. The molecule has 1 fully saturated rings. The molecule has 0 aromatic heterocycles. The van der Waals surface area contributed by atoms with Crippen LogP contribution in [0.25, 0.3) is 5.76 Å². The molecule has 31 heavy (non-hydrogen) atoms. The maximum atomic E-state index is 13.0. The fourth-order valence-electron chi connectivity index (χ4n) is 3.68. The van der Waals surface area contributed by atoms with E-state index in [1.807, 2.05) is 6.92 Å². The molecule has 1 atom stereocenters. The van der Waals surface area contributed by atoms with Crippen LogP contribution in [-0.2, 0) is 9.59 Å². The van der Waals surface area contributed by atoms with E-state index < -0.39 is 22.7 Å². The highest BCUT2D eigenvalue weighted by Crippen LogP contribution is 2.42. The molecule has 0 saturated carbocycles. The van der Waals surface area contributed by atoms with Crippen molar-refractivity contribution < 1.29 is 19.6 Å². The summed E-state index contributed by atoms with van der Waals surface area (Å²) in [6, 6.07) is 20.2. The van der Waals surface area contributed by atoms with Crippen LogP contribution in [-0.4, -0.2) is 21.7 Å². The third kappa shape index (κ3) is 3.57. The number of Topliss-reactive ketones (excluding diaryl/α,β-unsaturated/α-hetero) is 1. The molecule has 7 heteroatoms. The second-order valence-corrected chi connectivity index (χ2v) is 7.22. The van der Waals surface area contributed by atoms with Crippen molar-refractivity contribution >= 4 is 28.8 Å². The normalized spacial score (nSPS) is 17.7. The van der Waals surface area contributed by atoms with E-state index in [4.69, 9.17) is 0 Å². The Labute approximate surface area is 178 Å². The quantitative estimate of drug-likeness (QED) is 0.222. The van der Waals surface area contributed by atoms with Crippen molar-refractivity contribution in [3.05, 3.63) is 111 Å². The first-order chi connectivity index (χ1) is 14.9. The molecular formula is C24H18N2O5. The molecule has 4 rings (SSSR count). The van der Waals surface area contributed by atoms with Crippen molar-refractivity contribution in [2.24, 2.45) is 0 Å². The maximum absolute atomic E-state index is 13.0. The van der Waals surface area contributed by atoms with Gasteiger partial charge < -0.3 is 5.11 Å². The summed E-state index contributed by atoms with van der Waals surface area (Å²) in [4.78, 5) is 38.1. The van der Waals surface area contributed by atoms with Gasteiger partial charge in [0.05, 0.1) is 16.5 Å². The summed E-state index contributed by atoms with van der Waals surface area (Å²) in [5.74, 6) is -1.98. The molecule has 3 aromatic carbocycles. The minimum absolute atomic E-state index is 0.114. The number of hydrogen-bond donors (Lipinski definition) is 1. The molecule has 1 aliphatic rings. The first-order valence-corrected chi connectivity index (χ1v) is 9.56. The number of non-ortho nitro benzene ring substituents is 1. The van der Waals surface area contributed by atoms with E-state index >= 15 is 0 Å². The molecule has 0 bridgehead atoms. The van der Waals surface area contributed by atoms with Crippen molar-refractivity contribution in [2.45, 2.75) is 13.0 Å². The summed E-state index contributed by atoms with van der Waals surface area (Å²) in [5.41, 5.74) is 1.86. The Hall–Kier alpha value is -4.26. The fourth-order valence-corrected chi connectivity index (χ4v) is 3.68. The number of carbonyl (C=O) groups excluding carboxylic acids is 2. The molecule has 1 N–H and O–H groups in total. The fraction of sp³-hybridized carbons (Fsp3) is 0.0833. The molecule has 1 aliphatic heterocycles. The molecular weight excluding hydrogens is 396 g/mol. The smallest absolute Gasteiger partial charge is 0.300 e. The van der Waals surface area contributed by atoms with Crippen molar-refractivity contribution in [2.75, 3.05) is 4.90 Å².